The van der Waals surface area contributed by atoms with Crippen LogP contribution in [0.2, 0.25) is 0 Å². The Morgan fingerprint density at radius 1 is 1.03 bits per heavy atom. The van der Waals surface area contributed by atoms with Gasteiger partial charge in [0.25, 0.3) is 0 Å². The van der Waals surface area contributed by atoms with Gasteiger partial charge in [-0.2, -0.15) is 0 Å². The summed E-state index contributed by atoms with van der Waals surface area (Å²) in [5.41, 5.74) is 0.0901. The van der Waals surface area contributed by atoms with E-state index in [2.05, 4.69) is 10.6 Å². The highest BCUT2D eigenvalue weighted by atomic mass is 19.2. The summed E-state index contributed by atoms with van der Waals surface area (Å²) in [5.74, 6) is -4.86. The van der Waals surface area contributed by atoms with E-state index in [1.165, 1.54) is 14.0 Å². The van der Waals surface area contributed by atoms with Gasteiger partial charge in [0, 0.05) is 5.69 Å². The number of rotatable bonds is 8. The van der Waals surface area contributed by atoms with Crippen LogP contribution in [0.1, 0.15) is 13.8 Å². The average Bonchev–Trinajstić information content (AvgIpc) is 2.72. The van der Waals surface area contributed by atoms with Crippen molar-refractivity contribution in [2.24, 2.45) is 0 Å². The van der Waals surface area contributed by atoms with E-state index in [0.717, 1.165) is 12.1 Å². The molecule has 9 heteroatoms. The van der Waals surface area contributed by atoms with Crippen LogP contribution in [0.25, 0.3) is 0 Å². The lowest BCUT2D eigenvalue weighted by Gasteiger charge is -2.26. The molecule has 1 atom stereocenters. The third-order valence-corrected chi connectivity index (χ3v) is 4.35. The zero-order chi connectivity index (χ0) is 21.6. The number of hydrogen-bond acceptors (Lipinski definition) is 4. The Morgan fingerprint density at radius 2 is 1.69 bits per heavy atom. The average molecular weight is 409 g/mol. The molecule has 0 aliphatic rings. The molecule has 2 aromatic carbocycles. The summed E-state index contributed by atoms with van der Waals surface area (Å²) in [6.07, 6.45) is 0. The van der Waals surface area contributed by atoms with Gasteiger partial charge in [-0.05, 0) is 49.9 Å². The van der Waals surface area contributed by atoms with E-state index in [9.17, 15) is 22.8 Å². The van der Waals surface area contributed by atoms with Crippen LogP contribution in [0.4, 0.5) is 24.5 Å². The first-order valence-corrected chi connectivity index (χ1v) is 8.89. The van der Waals surface area contributed by atoms with Gasteiger partial charge in [-0.25, -0.2) is 13.2 Å². The van der Waals surface area contributed by atoms with E-state index in [-0.39, 0.29) is 12.5 Å². The van der Waals surface area contributed by atoms with Crippen molar-refractivity contribution in [3.63, 3.8) is 0 Å². The van der Waals surface area contributed by atoms with Crippen molar-refractivity contribution in [3.8, 4) is 5.75 Å². The number of hydrogen-bond donors (Lipinski definition) is 2. The van der Waals surface area contributed by atoms with Crippen LogP contribution >= 0.6 is 0 Å². The number of ether oxygens (including phenoxy) is 1. The Balaban J connectivity index is 1.99. The van der Waals surface area contributed by atoms with Gasteiger partial charge in [0.15, 0.2) is 17.5 Å². The van der Waals surface area contributed by atoms with Gasteiger partial charge in [0.1, 0.15) is 5.75 Å². The number of likely N-dealkylation sites (N-methyl/N-ethyl adjacent to an activating group) is 1. The Morgan fingerprint density at radius 3 is 2.28 bits per heavy atom. The van der Waals surface area contributed by atoms with Gasteiger partial charge >= 0.3 is 0 Å². The van der Waals surface area contributed by atoms with Crippen molar-refractivity contribution < 1.29 is 27.5 Å². The van der Waals surface area contributed by atoms with Gasteiger partial charge in [0.05, 0.1) is 25.4 Å². The predicted octanol–water partition coefficient (Wildman–Crippen LogP) is 3.40. The molecule has 2 N–H and O–H groups in total. The molecule has 29 heavy (non-hydrogen) atoms. The number of amides is 2. The molecule has 0 aliphatic carbocycles. The number of carbonyl (C=O) groups is 2. The molecule has 2 amide bonds. The highest BCUT2D eigenvalue weighted by molar-refractivity contribution is 5.96. The van der Waals surface area contributed by atoms with Crippen molar-refractivity contribution >= 4 is 23.2 Å². The zero-order valence-electron chi connectivity index (χ0n) is 16.3. The molecule has 0 aromatic heterocycles. The second kappa shape index (κ2) is 9.92. The van der Waals surface area contributed by atoms with E-state index in [0.29, 0.717) is 18.0 Å². The summed E-state index contributed by atoms with van der Waals surface area (Å²) in [5, 5.41) is 4.93. The number of carbonyl (C=O) groups excluding carboxylic acids is 2. The lowest BCUT2D eigenvalue weighted by Crippen LogP contribution is -2.45. The first-order valence-electron chi connectivity index (χ1n) is 8.89. The number of methoxy groups -OCH3 is 1. The number of nitrogens with zero attached hydrogens (tertiary/aromatic N) is 1. The van der Waals surface area contributed by atoms with E-state index in [4.69, 9.17) is 4.74 Å². The highest BCUT2D eigenvalue weighted by Gasteiger charge is 2.24. The first-order chi connectivity index (χ1) is 13.8. The molecule has 156 valence electrons. The smallest absolute Gasteiger partial charge is 0.241 e. The molecule has 0 unspecified atom stereocenters. The van der Waals surface area contributed by atoms with Crippen molar-refractivity contribution in [3.05, 3.63) is 53.8 Å². The van der Waals surface area contributed by atoms with Crippen LogP contribution in [0.3, 0.4) is 0 Å². The van der Waals surface area contributed by atoms with Gasteiger partial charge < -0.3 is 15.4 Å². The molecule has 0 saturated carbocycles. The van der Waals surface area contributed by atoms with Crippen LogP contribution in [0.5, 0.6) is 5.75 Å². The lowest BCUT2D eigenvalue weighted by molar-refractivity contribution is -0.123. The van der Waals surface area contributed by atoms with E-state index in [1.807, 2.05) is 0 Å². The fourth-order valence-corrected chi connectivity index (χ4v) is 2.61. The van der Waals surface area contributed by atoms with Gasteiger partial charge in [-0.15, -0.1) is 0 Å². The fourth-order valence-electron chi connectivity index (χ4n) is 2.61. The fraction of sp³-hybridized carbons (Fsp3) is 0.300. The van der Waals surface area contributed by atoms with Crippen LogP contribution in [-0.4, -0.2) is 43.0 Å². The Bertz CT molecular complexity index is 875. The largest absolute Gasteiger partial charge is 0.497 e. The molecule has 0 spiro atoms. The van der Waals surface area contributed by atoms with Gasteiger partial charge in [0.2, 0.25) is 11.8 Å². The quantitative estimate of drug-likeness (QED) is 0.656. The van der Waals surface area contributed by atoms with E-state index >= 15 is 0 Å². The number of benzene rings is 2. The third kappa shape index (κ3) is 5.71. The minimum atomic E-state index is -1.67. The first kappa shape index (κ1) is 22.2. The van der Waals surface area contributed by atoms with Crippen LogP contribution in [0, 0.1) is 17.5 Å². The van der Waals surface area contributed by atoms with E-state index in [1.54, 1.807) is 36.1 Å². The maximum absolute atomic E-state index is 13.8. The second-order valence-electron chi connectivity index (χ2n) is 6.23. The molecule has 0 heterocycles. The summed E-state index contributed by atoms with van der Waals surface area (Å²) < 4.78 is 45.1. The Labute approximate surface area is 166 Å². The Kier molecular flexibility index (Phi) is 7.60. The normalized spacial score (nSPS) is 11.8. The molecule has 0 saturated heterocycles. The molecule has 6 nitrogen and oxygen atoms in total. The van der Waals surface area contributed by atoms with Crippen molar-refractivity contribution in [2.45, 2.75) is 19.9 Å². The maximum atomic E-state index is 13.8. The molecule has 2 aromatic rings. The lowest BCUT2D eigenvalue weighted by atomic mass is 10.2. The Hall–Kier alpha value is -3.07. The molecular weight excluding hydrogens is 387 g/mol. The van der Waals surface area contributed by atoms with Crippen molar-refractivity contribution in [1.29, 1.82) is 0 Å². The maximum Gasteiger partial charge on any atom is 0.241 e. The van der Waals surface area contributed by atoms with Crippen LogP contribution < -0.4 is 15.4 Å². The molecule has 0 fully saturated rings. The topological polar surface area (TPSA) is 70.7 Å². The van der Waals surface area contributed by atoms with Gasteiger partial charge in [-0.3, -0.25) is 14.5 Å². The minimum Gasteiger partial charge on any atom is -0.497 e. The number of nitrogens with one attached hydrogen (secondary N) is 2. The second-order valence-corrected chi connectivity index (χ2v) is 6.23. The molecule has 2 rings (SSSR count). The van der Waals surface area contributed by atoms with Crippen molar-refractivity contribution in [2.75, 3.05) is 30.8 Å². The summed E-state index contributed by atoms with van der Waals surface area (Å²) in [6.45, 7) is 3.53. The van der Waals surface area contributed by atoms with Gasteiger partial charge in [-0.1, -0.05) is 6.92 Å². The summed E-state index contributed by atoms with van der Waals surface area (Å²) in [4.78, 5) is 26.2. The molecular formula is C20H22F3N3O3. The van der Waals surface area contributed by atoms with Crippen molar-refractivity contribution in [1.82, 2.24) is 4.90 Å². The van der Waals surface area contributed by atoms with E-state index < -0.39 is 35.1 Å². The monoisotopic (exact) mass is 409 g/mol. The zero-order valence-corrected chi connectivity index (χ0v) is 16.3. The predicted molar refractivity (Wildman–Crippen MR) is 103 cm³/mol. The summed E-state index contributed by atoms with van der Waals surface area (Å²) >= 11 is 0. The van der Waals surface area contributed by atoms with Crippen LogP contribution in [0.15, 0.2) is 36.4 Å². The third-order valence-electron chi connectivity index (χ3n) is 4.35. The van der Waals surface area contributed by atoms with Crippen LogP contribution in [-0.2, 0) is 9.59 Å². The SMILES string of the molecule is CCN(CC(=O)Nc1ccc(OC)cc1)[C@H](C)C(=O)Nc1ccc(F)c(F)c1F. The number of anilines is 2. The summed E-state index contributed by atoms with van der Waals surface area (Å²) in [7, 11) is 1.53. The molecule has 0 aliphatic heterocycles. The minimum absolute atomic E-state index is 0.0998. The molecule has 0 bridgehead atoms. The highest BCUT2D eigenvalue weighted by Crippen LogP contribution is 2.20. The molecule has 0 radical (unpaired) electrons. The summed E-state index contributed by atoms with van der Waals surface area (Å²) in [6, 6.07) is 7.57. The number of halogens is 3. The standard InChI is InChI=1S/C20H22F3N3O3/c1-4-26(11-17(27)24-13-5-7-14(29-3)8-6-13)12(2)20(28)25-16-10-9-15(21)18(22)19(16)23/h5-10,12H,4,11H2,1-3H3,(H,24,27)(H,25,28)/t12-/m1/s1.